The van der Waals surface area contributed by atoms with Crippen molar-refractivity contribution in [3.63, 3.8) is 0 Å². The summed E-state index contributed by atoms with van der Waals surface area (Å²) in [4.78, 5) is 12.7. The van der Waals surface area contributed by atoms with Gasteiger partial charge in [-0.2, -0.15) is 0 Å². The summed E-state index contributed by atoms with van der Waals surface area (Å²) in [6, 6.07) is 16.9. The van der Waals surface area contributed by atoms with Crippen LogP contribution < -0.4 is 23.7 Å². The molecule has 3 aromatic carbocycles. The van der Waals surface area contributed by atoms with E-state index in [4.69, 9.17) is 23.7 Å². The Morgan fingerprint density at radius 2 is 1.31 bits per heavy atom. The average molecular weight is 487 g/mol. The van der Waals surface area contributed by atoms with Gasteiger partial charge in [0.1, 0.15) is 17.2 Å². The Morgan fingerprint density at radius 1 is 0.611 bits per heavy atom. The van der Waals surface area contributed by atoms with Gasteiger partial charge in [-0.3, -0.25) is 4.79 Å². The molecule has 6 heteroatoms. The van der Waals surface area contributed by atoms with Crippen molar-refractivity contribution in [1.82, 2.24) is 0 Å². The van der Waals surface area contributed by atoms with Crippen LogP contribution in [0.1, 0.15) is 22.3 Å². The number of hydrogen-bond acceptors (Lipinski definition) is 6. The van der Waals surface area contributed by atoms with Crippen LogP contribution in [0.3, 0.4) is 0 Å². The van der Waals surface area contributed by atoms with Gasteiger partial charge in [0.25, 0.3) is 0 Å². The number of benzene rings is 3. The molecule has 0 bridgehead atoms. The monoisotopic (exact) mass is 486 g/mol. The maximum Gasteiger partial charge on any atom is 0.178 e. The normalized spacial score (nSPS) is 11.2. The van der Waals surface area contributed by atoms with Gasteiger partial charge in [-0.15, -0.1) is 0 Å². The van der Waals surface area contributed by atoms with Crippen LogP contribution in [0.5, 0.6) is 28.7 Å². The Morgan fingerprint density at radius 3 is 1.94 bits per heavy atom. The van der Waals surface area contributed by atoms with E-state index in [1.807, 2.05) is 54.6 Å². The van der Waals surface area contributed by atoms with Gasteiger partial charge in [0.2, 0.25) is 0 Å². The molecule has 0 saturated carbocycles. The highest BCUT2D eigenvalue weighted by Crippen LogP contribution is 2.33. The number of carbonyl (C=O) groups excluding carboxylic acids is 1. The zero-order chi connectivity index (χ0) is 25.9. The summed E-state index contributed by atoms with van der Waals surface area (Å²) in [5.41, 5.74) is 3.33. The van der Waals surface area contributed by atoms with Crippen molar-refractivity contribution >= 4 is 30.1 Å². The summed E-state index contributed by atoms with van der Waals surface area (Å²) >= 11 is 0. The maximum absolute atomic E-state index is 12.7. The summed E-state index contributed by atoms with van der Waals surface area (Å²) in [6.07, 6.45) is 10.3. The van der Waals surface area contributed by atoms with Gasteiger partial charge in [-0.05, 0) is 59.7 Å². The summed E-state index contributed by atoms with van der Waals surface area (Å²) in [5.74, 6) is 3.00. The smallest absolute Gasteiger partial charge is 0.178 e. The molecule has 3 rings (SSSR count). The van der Waals surface area contributed by atoms with E-state index in [2.05, 4.69) is 0 Å². The van der Waals surface area contributed by atoms with Crippen molar-refractivity contribution in [2.45, 2.75) is 0 Å². The SMILES string of the molecule is COc1ccc(/C=C/c2cc(OC)cc(OC)c2/C=C/C(=O)/C=C/c2cccc(OC)c2OC)cc1. The highest BCUT2D eigenvalue weighted by atomic mass is 16.5. The van der Waals surface area contributed by atoms with Crippen molar-refractivity contribution in [3.05, 3.63) is 89.0 Å². The molecule has 0 aliphatic carbocycles. The molecule has 0 fully saturated rings. The van der Waals surface area contributed by atoms with E-state index in [0.29, 0.717) is 23.0 Å². The summed E-state index contributed by atoms with van der Waals surface area (Å²) in [7, 11) is 7.95. The summed E-state index contributed by atoms with van der Waals surface area (Å²) in [5, 5.41) is 0. The van der Waals surface area contributed by atoms with E-state index in [1.165, 1.54) is 12.2 Å². The Bertz CT molecular complexity index is 1270. The van der Waals surface area contributed by atoms with E-state index in [-0.39, 0.29) is 5.78 Å². The second-order valence-corrected chi connectivity index (χ2v) is 7.59. The fourth-order valence-corrected chi connectivity index (χ4v) is 3.56. The van der Waals surface area contributed by atoms with E-state index < -0.39 is 0 Å². The Kier molecular flexibility index (Phi) is 9.34. The molecule has 0 atom stereocenters. The number of ether oxygens (including phenoxy) is 5. The number of rotatable bonds is 11. The van der Waals surface area contributed by atoms with Crippen molar-refractivity contribution in [2.24, 2.45) is 0 Å². The second kappa shape index (κ2) is 12.9. The van der Waals surface area contributed by atoms with Crippen LogP contribution in [0.2, 0.25) is 0 Å². The van der Waals surface area contributed by atoms with Crippen LogP contribution in [-0.4, -0.2) is 41.3 Å². The lowest BCUT2D eigenvalue weighted by Crippen LogP contribution is -1.95. The average Bonchev–Trinajstić information content (AvgIpc) is 2.93. The topological polar surface area (TPSA) is 63.2 Å². The van der Waals surface area contributed by atoms with Gasteiger partial charge in [0.15, 0.2) is 17.3 Å². The number of allylic oxidation sites excluding steroid dienone is 2. The van der Waals surface area contributed by atoms with Crippen LogP contribution in [-0.2, 0) is 4.79 Å². The highest BCUT2D eigenvalue weighted by molar-refractivity contribution is 6.05. The molecule has 36 heavy (non-hydrogen) atoms. The van der Waals surface area contributed by atoms with E-state index in [0.717, 1.165) is 28.0 Å². The fourth-order valence-electron chi connectivity index (χ4n) is 3.56. The van der Waals surface area contributed by atoms with Gasteiger partial charge in [0, 0.05) is 17.2 Å². The molecule has 0 aliphatic rings. The standard InChI is InChI=1S/C30H30O6/c1-32-25-16-10-21(11-17-25)9-12-23-19-26(33-2)20-29(35-4)27(23)18-15-24(31)14-13-22-7-6-8-28(34-3)30(22)36-5/h6-20H,1-5H3/b12-9+,14-13+,18-15+. The molecule has 0 saturated heterocycles. The molecular weight excluding hydrogens is 456 g/mol. The molecule has 3 aromatic rings. The molecule has 6 nitrogen and oxygen atoms in total. The lowest BCUT2D eigenvalue weighted by atomic mass is 10.0. The first-order valence-electron chi connectivity index (χ1n) is 11.2. The third-order valence-corrected chi connectivity index (χ3v) is 5.45. The van der Waals surface area contributed by atoms with Gasteiger partial charge in [-0.25, -0.2) is 0 Å². The Labute approximate surface area is 212 Å². The molecule has 0 aromatic heterocycles. The molecule has 186 valence electrons. The molecule has 0 spiro atoms. The number of methoxy groups -OCH3 is 5. The maximum atomic E-state index is 12.7. The number of para-hydroxylation sites is 1. The number of ketones is 1. The summed E-state index contributed by atoms with van der Waals surface area (Å²) in [6.45, 7) is 0. The van der Waals surface area contributed by atoms with E-state index in [1.54, 1.807) is 59.8 Å². The predicted molar refractivity (Wildman–Crippen MR) is 144 cm³/mol. The van der Waals surface area contributed by atoms with Crippen molar-refractivity contribution in [3.8, 4) is 28.7 Å². The lowest BCUT2D eigenvalue weighted by molar-refractivity contribution is -0.110. The third kappa shape index (κ3) is 6.57. The van der Waals surface area contributed by atoms with Gasteiger partial charge < -0.3 is 23.7 Å². The lowest BCUT2D eigenvalue weighted by Gasteiger charge is -2.11. The minimum atomic E-state index is -0.192. The zero-order valence-corrected chi connectivity index (χ0v) is 21.1. The van der Waals surface area contributed by atoms with Crippen molar-refractivity contribution in [2.75, 3.05) is 35.5 Å². The largest absolute Gasteiger partial charge is 0.497 e. The highest BCUT2D eigenvalue weighted by Gasteiger charge is 2.10. The molecule has 0 aliphatic heterocycles. The minimum Gasteiger partial charge on any atom is -0.497 e. The summed E-state index contributed by atoms with van der Waals surface area (Å²) < 4.78 is 27.0. The molecule has 0 radical (unpaired) electrons. The van der Waals surface area contributed by atoms with Crippen LogP contribution >= 0.6 is 0 Å². The first-order valence-corrected chi connectivity index (χ1v) is 11.2. The number of carbonyl (C=O) groups is 1. The minimum absolute atomic E-state index is 0.192. The quantitative estimate of drug-likeness (QED) is 0.238. The van der Waals surface area contributed by atoms with Crippen molar-refractivity contribution in [1.29, 1.82) is 0 Å². The molecular formula is C30H30O6. The van der Waals surface area contributed by atoms with Gasteiger partial charge in [-0.1, -0.05) is 36.4 Å². The van der Waals surface area contributed by atoms with Crippen LogP contribution in [0, 0.1) is 0 Å². The van der Waals surface area contributed by atoms with Gasteiger partial charge in [0.05, 0.1) is 35.5 Å². The fraction of sp³-hybridized carbons (Fsp3) is 0.167. The van der Waals surface area contributed by atoms with Crippen LogP contribution in [0.25, 0.3) is 24.3 Å². The molecule has 0 N–H and O–H groups in total. The predicted octanol–water partition coefficient (Wildman–Crippen LogP) is 6.20. The second-order valence-electron chi connectivity index (χ2n) is 7.59. The van der Waals surface area contributed by atoms with E-state index >= 15 is 0 Å². The molecule has 0 unspecified atom stereocenters. The van der Waals surface area contributed by atoms with Crippen LogP contribution in [0.15, 0.2) is 66.7 Å². The van der Waals surface area contributed by atoms with E-state index in [9.17, 15) is 4.79 Å². The van der Waals surface area contributed by atoms with Gasteiger partial charge >= 0.3 is 0 Å². The van der Waals surface area contributed by atoms with Crippen molar-refractivity contribution < 1.29 is 28.5 Å². The third-order valence-electron chi connectivity index (χ3n) is 5.45. The molecule has 0 amide bonds. The van der Waals surface area contributed by atoms with Crippen LogP contribution in [0.4, 0.5) is 0 Å². The zero-order valence-electron chi connectivity index (χ0n) is 21.1. The molecule has 0 heterocycles. The first kappa shape index (κ1) is 26.2. The Hall–Kier alpha value is -4.45. The first-order chi connectivity index (χ1) is 17.5. The Balaban J connectivity index is 1.90. The number of hydrogen-bond donors (Lipinski definition) is 0.